The number of anilines is 5. The van der Waals surface area contributed by atoms with Crippen LogP contribution in [0.2, 0.25) is 0 Å². The second-order valence-corrected chi connectivity index (χ2v) is 9.37. The summed E-state index contributed by atoms with van der Waals surface area (Å²) >= 11 is 0. The number of aliphatic hydroxyl groups is 1. The van der Waals surface area contributed by atoms with Gasteiger partial charge in [-0.25, -0.2) is 4.98 Å². The molecule has 2 amide bonds. The SMILES string of the molecule is Cn1ccc(C(=O)Nc2ccc(Nc3ccc(NC(=O)c4ccc(N5CCC(O)CC5)cc4)cn3)cc2)c1. The molecule has 1 saturated heterocycles. The summed E-state index contributed by atoms with van der Waals surface area (Å²) in [5.41, 5.74) is 4.31. The second kappa shape index (κ2) is 11.2. The maximum absolute atomic E-state index is 12.7. The fourth-order valence-corrected chi connectivity index (χ4v) is 4.32. The van der Waals surface area contributed by atoms with E-state index < -0.39 is 0 Å². The van der Waals surface area contributed by atoms with Crippen LogP contribution in [0.3, 0.4) is 0 Å². The number of rotatable bonds is 7. The van der Waals surface area contributed by atoms with Crippen LogP contribution in [-0.4, -0.2) is 45.7 Å². The van der Waals surface area contributed by atoms with Crippen molar-refractivity contribution in [2.75, 3.05) is 33.9 Å². The van der Waals surface area contributed by atoms with Gasteiger partial charge in [0.05, 0.1) is 23.6 Å². The lowest BCUT2D eigenvalue weighted by Crippen LogP contribution is -2.35. The molecule has 0 unspecified atom stereocenters. The monoisotopic (exact) mass is 510 g/mol. The molecule has 0 spiro atoms. The Hall–Kier alpha value is -4.63. The van der Waals surface area contributed by atoms with Crippen LogP contribution in [0.4, 0.5) is 28.6 Å². The number of aliphatic hydroxyl groups excluding tert-OH is 1. The first kappa shape index (κ1) is 25.0. The number of aromatic nitrogens is 2. The molecule has 2 aromatic heterocycles. The second-order valence-electron chi connectivity index (χ2n) is 9.37. The predicted octanol–water partition coefficient (Wildman–Crippen LogP) is 4.63. The Morgan fingerprint density at radius 2 is 1.45 bits per heavy atom. The van der Waals surface area contributed by atoms with Crippen LogP contribution in [0.15, 0.2) is 85.3 Å². The zero-order valence-corrected chi connectivity index (χ0v) is 21.1. The molecule has 4 N–H and O–H groups in total. The van der Waals surface area contributed by atoms with Gasteiger partial charge in [-0.05, 0) is 79.6 Å². The molecule has 0 atom stereocenters. The average molecular weight is 511 g/mol. The van der Waals surface area contributed by atoms with E-state index in [2.05, 4.69) is 25.8 Å². The molecule has 38 heavy (non-hydrogen) atoms. The van der Waals surface area contributed by atoms with Crippen molar-refractivity contribution in [3.05, 3.63) is 96.4 Å². The molecule has 0 radical (unpaired) electrons. The van der Waals surface area contributed by atoms with Crippen LogP contribution in [0.5, 0.6) is 0 Å². The molecule has 3 heterocycles. The number of carbonyl (C=O) groups is 2. The molecule has 9 nitrogen and oxygen atoms in total. The highest BCUT2D eigenvalue weighted by atomic mass is 16.3. The third kappa shape index (κ3) is 6.19. The maximum Gasteiger partial charge on any atom is 0.257 e. The van der Waals surface area contributed by atoms with Gasteiger partial charge in [0, 0.05) is 55.2 Å². The Morgan fingerprint density at radius 3 is 2.08 bits per heavy atom. The van der Waals surface area contributed by atoms with Crippen molar-refractivity contribution in [3.8, 4) is 0 Å². The highest BCUT2D eigenvalue weighted by Gasteiger charge is 2.17. The molecule has 4 aromatic rings. The van der Waals surface area contributed by atoms with Crippen molar-refractivity contribution >= 4 is 40.4 Å². The fraction of sp³-hybridized carbons (Fsp3) is 0.207. The zero-order valence-electron chi connectivity index (χ0n) is 21.1. The van der Waals surface area contributed by atoms with Crippen molar-refractivity contribution in [3.63, 3.8) is 0 Å². The van der Waals surface area contributed by atoms with Gasteiger partial charge in [0.1, 0.15) is 5.82 Å². The van der Waals surface area contributed by atoms with Gasteiger partial charge < -0.3 is 30.5 Å². The van der Waals surface area contributed by atoms with Gasteiger partial charge in [-0.1, -0.05) is 0 Å². The molecular formula is C29H30N6O3. The first-order chi connectivity index (χ1) is 18.4. The Balaban J connectivity index is 1.13. The number of benzene rings is 2. The minimum absolute atomic E-state index is 0.163. The van der Waals surface area contributed by atoms with Gasteiger partial charge in [-0.2, -0.15) is 0 Å². The first-order valence-electron chi connectivity index (χ1n) is 12.5. The van der Waals surface area contributed by atoms with Crippen molar-refractivity contribution in [1.82, 2.24) is 9.55 Å². The Kier molecular flexibility index (Phi) is 7.37. The van der Waals surface area contributed by atoms with Crippen LogP contribution >= 0.6 is 0 Å². The smallest absolute Gasteiger partial charge is 0.257 e. The van der Waals surface area contributed by atoms with Gasteiger partial charge in [0.2, 0.25) is 0 Å². The molecule has 1 aliphatic heterocycles. The van der Waals surface area contributed by atoms with Gasteiger partial charge in [-0.3, -0.25) is 9.59 Å². The summed E-state index contributed by atoms with van der Waals surface area (Å²) in [4.78, 5) is 31.6. The molecular weight excluding hydrogens is 480 g/mol. The molecule has 1 aliphatic rings. The summed E-state index contributed by atoms with van der Waals surface area (Å²) in [7, 11) is 1.87. The molecule has 2 aromatic carbocycles. The summed E-state index contributed by atoms with van der Waals surface area (Å²) in [6, 6.07) is 20.2. The minimum Gasteiger partial charge on any atom is -0.393 e. The third-order valence-electron chi connectivity index (χ3n) is 6.49. The van der Waals surface area contributed by atoms with Crippen LogP contribution in [0.1, 0.15) is 33.6 Å². The zero-order chi connectivity index (χ0) is 26.5. The van der Waals surface area contributed by atoms with Crippen LogP contribution in [0, 0.1) is 0 Å². The standard InChI is InChI=1S/C29H30N6O3/c1-34-15-12-21(19-34)29(38)32-23-6-4-22(5-7-23)31-27-11-8-24(18-30-27)33-28(37)20-2-9-25(10-3-20)35-16-13-26(36)14-17-35/h2-12,15,18-19,26,36H,13-14,16-17H2,1H3,(H,30,31)(H,32,38)(H,33,37). The van der Waals surface area contributed by atoms with E-state index in [1.807, 2.05) is 66.3 Å². The lowest BCUT2D eigenvalue weighted by atomic mass is 10.1. The van der Waals surface area contributed by atoms with E-state index >= 15 is 0 Å². The normalized spacial score (nSPS) is 13.7. The summed E-state index contributed by atoms with van der Waals surface area (Å²) in [5, 5.41) is 18.7. The topological polar surface area (TPSA) is 112 Å². The van der Waals surface area contributed by atoms with Gasteiger partial charge in [-0.15, -0.1) is 0 Å². The van der Waals surface area contributed by atoms with E-state index in [0.29, 0.717) is 28.3 Å². The van der Waals surface area contributed by atoms with Crippen molar-refractivity contribution < 1.29 is 14.7 Å². The lowest BCUT2D eigenvalue weighted by Gasteiger charge is -2.31. The molecule has 0 saturated carbocycles. The first-order valence-corrected chi connectivity index (χ1v) is 12.5. The number of aryl methyl sites for hydroxylation is 1. The van der Waals surface area contributed by atoms with Crippen molar-refractivity contribution in [2.24, 2.45) is 7.05 Å². The minimum atomic E-state index is -0.216. The number of amides is 2. The average Bonchev–Trinajstić information content (AvgIpc) is 3.38. The van der Waals surface area contributed by atoms with Crippen molar-refractivity contribution in [2.45, 2.75) is 18.9 Å². The number of hydrogen-bond acceptors (Lipinski definition) is 6. The predicted molar refractivity (Wildman–Crippen MR) is 149 cm³/mol. The van der Waals surface area contributed by atoms with Crippen molar-refractivity contribution in [1.29, 1.82) is 0 Å². The van der Waals surface area contributed by atoms with E-state index in [-0.39, 0.29) is 17.9 Å². The third-order valence-corrected chi connectivity index (χ3v) is 6.49. The molecule has 5 rings (SSSR count). The summed E-state index contributed by atoms with van der Waals surface area (Å²) in [5.74, 6) is 0.255. The summed E-state index contributed by atoms with van der Waals surface area (Å²) < 4.78 is 1.83. The molecule has 0 aliphatic carbocycles. The van der Waals surface area contributed by atoms with E-state index in [0.717, 1.165) is 37.3 Å². The Morgan fingerprint density at radius 1 is 0.816 bits per heavy atom. The fourth-order valence-electron chi connectivity index (χ4n) is 4.32. The van der Waals surface area contributed by atoms with Gasteiger partial charge in [0.15, 0.2) is 0 Å². The number of hydrogen-bond donors (Lipinski definition) is 4. The highest BCUT2D eigenvalue weighted by Crippen LogP contribution is 2.22. The van der Waals surface area contributed by atoms with E-state index in [1.54, 1.807) is 30.6 Å². The summed E-state index contributed by atoms with van der Waals surface area (Å²) in [6.45, 7) is 1.63. The molecule has 9 heteroatoms. The van der Waals surface area contributed by atoms with Crippen LogP contribution in [-0.2, 0) is 7.05 Å². The van der Waals surface area contributed by atoms with Gasteiger partial charge in [0.25, 0.3) is 11.8 Å². The number of nitrogens with zero attached hydrogens (tertiary/aromatic N) is 3. The molecule has 194 valence electrons. The lowest BCUT2D eigenvalue weighted by molar-refractivity contribution is 0.101. The van der Waals surface area contributed by atoms with E-state index in [9.17, 15) is 14.7 Å². The summed E-state index contributed by atoms with van der Waals surface area (Å²) in [6.07, 6.45) is 6.50. The number of piperidine rings is 1. The largest absolute Gasteiger partial charge is 0.393 e. The van der Waals surface area contributed by atoms with Gasteiger partial charge >= 0.3 is 0 Å². The number of nitrogens with one attached hydrogen (secondary N) is 3. The van der Waals surface area contributed by atoms with E-state index in [4.69, 9.17) is 0 Å². The van der Waals surface area contributed by atoms with Crippen LogP contribution in [0.25, 0.3) is 0 Å². The number of pyridine rings is 1. The maximum atomic E-state index is 12.7. The van der Waals surface area contributed by atoms with Crippen LogP contribution < -0.4 is 20.9 Å². The highest BCUT2D eigenvalue weighted by molar-refractivity contribution is 6.05. The Bertz CT molecular complexity index is 1390. The molecule has 1 fully saturated rings. The quantitative estimate of drug-likeness (QED) is 0.289. The number of carbonyl (C=O) groups excluding carboxylic acids is 2. The van der Waals surface area contributed by atoms with E-state index in [1.165, 1.54) is 0 Å². The Labute approximate surface area is 221 Å². The molecule has 0 bridgehead atoms.